The fourth-order valence-corrected chi connectivity index (χ4v) is 3.18. The average Bonchev–Trinajstić information content (AvgIpc) is 2.55. The first kappa shape index (κ1) is 16.2. The molecule has 1 aliphatic heterocycles. The van der Waals surface area contributed by atoms with Crippen molar-refractivity contribution in [1.29, 1.82) is 0 Å². The minimum atomic E-state index is -0.509. The van der Waals surface area contributed by atoms with Crippen molar-refractivity contribution < 1.29 is 14.0 Å². The van der Waals surface area contributed by atoms with E-state index >= 15 is 0 Å². The van der Waals surface area contributed by atoms with Gasteiger partial charge in [0, 0.05) is 12.7 Å². The van der Waals surface area contributed by atoms with Crippen LogP contribution in [0.15, 0.2) is 40.2 Å². The maximum absolute atomic E-state index is 12.9. The van der Waals surface area contributed by atoms with E-state index in [4.69, 9.17) is 0 Å². The molecule has 0 bridgehead atoms. The van der Waals surface area contributed by atoms with Crippen molar-refractivity contribution in [3.8, 4) is 0 Å². The molecule has 2 heterocycles. The second kappa shape index (κ2) is 6.44. The second-order valence-electron chi connectivity index (χ2n) is 5.12. The molecule has 0 saturated heterocycles. The maximum Gasteiger partial charge on any atom is 0.292 e. The molecule has 1 aromatic heterocycles. The zero-order valence-corrected chi connectivity index (χ0v) is 13.5. The Morgan fingerprint density at radius 3 is 2.75 bits per heavy atom. The largest absolute Gasteiger partial charge is 0.324 e. The van der Waals surface area contributed by atoms with E-state index in [-0.39, 0.29) is 23.9 Å². The van der Waals surface area contributed by atoms with Gasteiger partial charge in [-0.15, -0.1) is 11.8 Å². The zero-order valence-electron chi connectivity index (χ0n) is 12.7. The molecule has 3 rings (SSSR count). The van der Waals surface area contributed by atoms with Gasteiger partial charge in [-0.05, 0) is 24.3 Å². The zero-order chi connectivity index (χ0) is 17.3. The summed E-state index contributed by atoms with van der Waals surface area (Å²) >= 11 is 1.24. The van der Waals surface area contributed by atoms with Crippen LogP contribution in [-0.4, -0.2) is 34.4 Å². The molecule has 0 atom stereocenters. The van der Waals surface area contributed by atoms with Crippen molar-refractivity contribution >= 4 is 35.0 Å². The molecular formula is C15H13FN4O3S. The normalized spacial score (nSPS) is 13.6. The number of nitrogens with zero attached hydrogens (tertiary/aromatic N) is 3. The summed E-state index contributed by atoms with van der Waals surface area (Å²) in [7, 11) is 1.52. The molecule has 2 aromatic rings. The van der Waals surface area contributed by atoms with E-state index in [0.717, 1.165) is 4.68 Å². The van der Waals surface area contributed by atoms with Crippen LogP contribution in [0.25, 0.3) is 0 Å². The van der Waals surface area contributed by atoms with Gasteiger partial charge in [0.1, 0.15) is 18.0 Å². The van der Waals surface area contributed by atoms with E-state index in [0.29, 0.717) is 10.6 Å². The predicted molar refractivity (Wildman–Crippen MR) is 87.7 cm³/mol. The van der Waals surface area contributed by atoms with Crippen molar-refractivity contribution in [3.05, 3.63) is 46.6 Å². The van der Waals surface area contributed by atoms with Gasteiger partial charge in [0.2, 0.25) is 11.8 Å². The summed E-state index contributed by atoms with van der Waals surface area (Å²) in [5.74, 6) is -0.822. The minimum Gasteiger partial charge on any atom is -0.324 e. The Bertz CT molecular complexity index is 866. The molecule has 7 nitrogen and oxygen atoms in total. The Balaban J connectivity index is 1.80. The van der Waals surface area contributed by atoms with Crippen LogP contribution in [0.2, 0.25) is 0 Å². The number of anilines is 2. The molecule has 0 radical (unpaired) electrons. The number of amides is 2. The van der Waals surface area contributed by atoms with Crippen molar-refractivity contribution in [3.63, 3.8) is 0 Å². The molecule has 2 amide bonds. The Morgan fingerprint density at radius 1 is 1.33 bits per heavy atom. The fourth-order valence-electron chi connectivity index (χ4n) is 2.22. The van der Waals surface area contributed by atoms with Crippen LogP contribution in [0.3, 0.4) is 0 Å². The molecule has 0 spiro atoms. The SMILES string of the molecule is CN1C(=O)CSc2cnn(CC(=O)Nc3ccc(F)cc3)c(=O)c21. The predicted octanol–water partition coefficient (Wildman–Crippen LogP) is 1.09. The first-order chi connectivity index (χ1) is 11.5. The number of carbonyl (C=O) groups excluding carboxylic acids is 2. The van der Waals surface area contributed by atoms with Crippen LogP contribution in [-0.2, 0) is 16.1 Å². The highest BCUT2D eigenvalue weighted by Crippen LogP contribution is 2.30. The molecule has 0 unspecified atom stereocenters. The Labute approximate surface area is 140 Å². The maximum atomic E-state index is 12.9. The number of rotatable bonds is 3. The fraction of sp³-hybridized carbons (Fsp3) is 0.200. The van der Waals surface area contributed by atoms with Crippen LogP contribution in [0, 0.1) is 5.82 Å². The average molecular weight is 348 g/mol. The van der Waals surface area contributed by atoms with Gasteiger partial charge in [-0.3, -0.25) is 14.4 Å². The van der Waals surface area contributed by atoms with Crippen LogP contribution in [0.5, 0.6) is 0 Å². The van der Waals surface area contributed by atoms with Crippen LogP contribution >= 0.6 is 11.8 Å². The molecule has 0 fully saturated rings. The quantitative estimate of drug-likeness (QED) is 0.898. The minimum absolute atomic E-state index is 0.182. The number of aromatic nitrogens is 2. The summed E-state index contributed by atoms with van der Waals surface area (Å²) in [4.78, 5) is 38.1. The lowest BCUT2D eigenvalue weighted by atomic mass is 10.3. The number of halogens is 1. The molecule has 24 heavy (non-hydrogen) atoms. The molecule has 9 heteroatoms. The lowest BCUT2D eigenvalue weighted by molar-refractivity contribution is -0.117. The van der Waals surface area contributed by atoms with Gasteiger partial charge in [-0.25, -0.2) is 9.07 Å². The molecular weight excluding hydrogens is 335 g/mol. The van der Waals surface area contributed by atoms with Gasteiger partial charge >= 0.3 is 0 Å². The van der Waals surface area contributed by atoms with E-state index in [1.165, 1.54) is 54.2 Å². The van der Waals surface area contributed by atoms with Gasteiger partial charge in [-0.2, -0.15) is 5.10 Å². The number of carbonyl (C=O) groups is 2. The van der Waals surface area contributed by atoms with E-state index in [1.807, 2.05) is 0 Å². The summed E-state index contributed by atoms with van der Waals surface area (Å²) in [6.45, 7) is -0.309. The lowest BCUT2D eigenvalue weighted by Gasteiger charge is -2.24. The highest BCUT2D eigenvalue weighted by Gasteiger charge is 2.26. The summed E-state index contributed by atoms with van der Waals surface area (Å²) < 4.78 is 13.8. The molecule has 124 valence electrons. The topological polar surface area (TPSA) is 84.3 Å². The smallest absolute Gasteiger partial charge is 0.292 e. The standard InChI is InChI=1S/C15H13FN4O3S/c1-19-13(22)8-24-11-6-17-20(15(23)14(11)19)7-12(21)18-10-4-2-9(16)3-5-10/h2-6H,7-8H2,1H3,(H,18,21). The first-order valence-electron chi connectivity index (χ1n) is 7.00. The highest BCUT2D eigenvalue weighted by molar-refractivity contribution is 8.00. The monoisotopic (exact) mass is 348 g/mol. The number of hydrogen-bond donors (Lipinski definition) is 1. The van der Waals surface area contributed by atoms with E-state index in [2.05, 4.69) is 10.4 Å². The van der Waals surface area contributed by atoms with Gasteiger partial charge in [-0.1, -0.05) is 0 Å². The third-order valence-electron chi connectivity index (χ3n) is 3.47. The summed E-state index contributed by atoms with van der Waals surface area (Å²) in [5, 5.41) is 6.53. The third kappa shape index (κ3) is 3.16. The van der Waals surface area contributed by atoms with Crippen LogP contribution in [0.4, 0.5) is 15.8 Å². The van der Waals surface area contributed by atoms with E-state index in [9.17, 15) is 18.8 Å². The van der Waals surface area contributed by atoms with E-state index < -0.39 is 17.3 Å². The van der Waals surface area contributed by atoms with Crippen molar-refractivity contribution in [1.82, 2.24) is 9.78 Å². The number of fused-ring (bicyclic) bond motifs is 1. The van der Waals surface area contributed by atoms with Crippen molar-refractivity contribution in [2.24, 2.45) is 0 Å². The second-order valence-corrected chi connectivity index (χ2v) is 6.13. The van der Waals surface area contributed by atoms with Crippen molar-refractivity contribution in [2.45, 2.75) is 11.4 Å². The van der Waals surface area contributed by atoms with E-state index in [1.54, 1.807) is 0 Å². The Hall–Kier alpha value is -2.68. The summed E-state index contributed by atoms with van der Waals surface area (Å²) in [6, 6.07) is 5.27. The number of nitrogens with one attached hydrogen (secondary N) is 1. The first-order valence-corrected chi connectivity index (χ1v) is 7.99. The number of thioether (sulfide) groups is 1. The summed E-state index contributed by atoms with van der Waals surface area (Å²) in [5.41, 5.74) is 0.126. The molecule has 0 saturated carbocycles. The molecule has 1 aromatic carbocycles. The number of hydrogen-bond acceptors (Lipinski definition) is 5. The van der Waals surface area contributed by atoms with Gasteiger partial charge in [0.05, 0.1) is 16.8 Å². The molecule has 1 aliphatic rings. The Morgan fingerprint density at radius 2 is 2.04 bits per heavy atom. The number of benzene rings is 1. The van der Waals surface area contributed by atoms with Gasteiger partial charge in [0.25, 0.3) is 5.56 Å². The van der Waals surface area contributed by atoms with Gasteiger partial charge < -0.3 is 10.2 Å². The van der Waals surface area contributed by atoms with Crippen LogP contribution in [0.1, 0.15) is 0 Å². The lowest BCUT2D eigenvalue weighted by Crippen LogP contribution is -2.40. The van der Waals surface area contributed by atoms with Crippen molar-refractivity contribution in [2.75, 3.05) is 23.0 Å². The van der Waals surface area contributed by atoms with Crippen LogP contribution < -0.4 is 15.8 Å². The summed E-state index contributed by atoms with van der Waals surface area (Å²) in [6.07, 6.45) is 1.47. The highest BCUT2D eigenvalue weighted by atomic mass is 32.2. The molecule has 0 aliphatic carbocycles. The third-order valence-corrected chi connectivity index (χ3v) is 4.47. The molecule has 1 N–H and O–H groups in total. The van der Waals surface area contributed by atoms with Gasteiger partial charge in [0.15, 0.2) is 0 Å². The Kier molecular flexibility index (Phi) is 4.34.